The monoisotopic (exact) mass is 321 g/mol. The van der Waals surface area contributed by atoms with Crippen LogP contribution in [0, 0.1) is 0 Å². The van der Waals surface area contributed by atoms with E-state index in [1.165, 1.54) is 0 Å². The van der Waals surface area contributed by atoms with Crippen molar-refractivity contribution in [2.45, 2.75) is 18.2 Å². The number of nitrogens with one attached hydrogen (secondary N) is 1. The summed E-state index contributed by atoms with van der Waals surface area (Å²) in [5.41, 5.74) is 0.314. The smallest absolute Gasteiger partial charge is 0.255 e. The van der Waals surface area contributed by atoms with Crippen LogP contribution in [0.2, 0.25) is 0 Å². The van der Waals surface area contributed by atoms with Gasteiger partial charge in [-0.1, -0.05) is 53.2 Å². The van der Waals surface area contributed by atoms with E-state index < -0.39 is 0 Å². The number of carbonyl (C=O) groups is 1. The van der Waals surface area contributed by atoms with Gasteiger partial charge in [0.1, 0.15) is 5.75 Å². The minimum atomic E-state index is -0.249. The molecule has 2 N–H and O–H groups in total. The molecular weight excluding hydrogens is 306 g/mol. The summed E-state index contributed by atoms with van der Waals surface area (Å²) in [6.45, 7) is 2.58. The predicted octanol–water partition coefficient (Wildman–Crippen LogP) is 3.45. The predicted molar refractivity (Wildman–Crippen MR) is 81.0 cm³/mol. The zero-order chi connectivity index (χ0) is 13.8. The standard InChI is InChI=1S/C15H16BrNO2/c1-2-11(16)9-17-15(19)13-8-7-10-5-3-4-6-12(10)14(13)18/h3-8,11,18H,2,9H2,1H3,(H,17,19). The molecule has 0 radical (unpaired) electrons. The molecule has 2 aromatic rings. The molecule has 0 fully saturated rings. The summed E-state index contributed by atoms with van der Waals surface area (Å²) in [7, 11) is 0. The maximum absolute atomic E-state index is 12.0. The maximum Gasteiger partial charge on any atom is 0.255 e. The first-order valence-electron chi connectivity index (χ1n) is 6.26. The summed E-state index contributed by atoms with van der Waals surface area (Å²) in [6.07, 6.45) is 0.935. The Bertz CT molecular complexity index is 598. The molecule has 0 aromatic heterocycles. The molecule has 0 heterocycles. The molecule has 0 aliphatic carbocycles. The molecule has 0 aliphatic rings. The largest absolute Gasteiger partial charge is 0.506 e. The van der Waals surface area contributed by atoms with Gasteiger partial charge in [-0.25, -0.2) is 0 Å². The van der Waals surface area contributed by atoms with Crippen LogP contribution in [0.15, 0.2) is 36.4 Å². The number of hydrogen-bond donors (Lipinski definition) is 2. The third-order valence-corrected chi connectivity index (χ3v) is 4.04. The number of benzene rings is 2. The highest BCUT2D eigenvalue weighted by Gasteiger charge is 2.14. The van der Waals surface area contributed by atoms with Crippen molar-refractivity contribution in [1.29, 1.82) is 0 Å². The van der Waals surface area contributed by atoms with E-state index in [2.05, 4.69) is 21.2 Å². The molecule has 100 valence electrons. The van der Waals surface area contributed by atoms with Crippen LogP contribution < -0.4 is 5.32 Å². The first-order chi connectivity index (χ1) is 9.13. The Kier molecular flexibility index (Phi) is 4.43. The van der Waals surface area contributed by atoms with E-state index >= 15 is 0 Å². The van der Waals surface area contributed by atoms with Crippen molar-refractivity contribution in [3.63, 3.8) is 0 Å². The van der Waals surface area contributed by atoms with E-state index in [0.29, 0.717) is 17.5 Å². The molecule has 0 spiro atoms. The normalized spacial score (nSPS) is 12.3. The zero-order valence-electron chi connectivity index (χ0n) is 10.7. The third kappa shape index (κ3) is 3.07. The van der Waals surface area contributed by atoms with Crippen LogP contribution in [0.5, 0.6) is 5.75 Å². The maximum atomic E-state index is 12.0. The molecular formula is C15H16BrNO2. The van der Waals surface area contributed by atoms with Gasteiger partial charge >= 0.3 is 0 Å². The summed E-state index contributed by atoms with van der Waals surface area (Å²) < 4.78 is 0. The summed E-state index contributed by atoms with van der Waals surface area (Å²) >= 11 is 3.46. The van der Waals surface area contributed by atoms with Gasteiger partial charge in [-0.2, -0.15) is 0 Å². The number of amides is 1. The topological polar surface area (TPSA) is 49.3 Å². The van der Waals surface area contributed by atoms with Crippen LogP contribution in [0.1, 0.15) is 23.7 Å². The lowest BCUT2D eigenvalue weighted by Crippen LogP contribution is -2.29. The summed E-state index contributed by atoms with van der Waals surface area (Å²) in [6, 6.07) is 11.0. The van der Waals surface area contributed by atoms with Gasteiger partial charge in [0.15, 0.2) is 0 Å². The summed E-state index contributed by atoms with van der Waals surface area (Å²) in [5, 5.41) is 14.6. The van der Waals surface area contributed by atoms with Crippen LogP contribution in [0.25, 0.3) is 10.8 Å². The van der Waals surface area contributed by atoms with Crippen molar-refractivity contribution in [2.24, 2.45) is 0 Å². The lowest BCUT2D eigenvalue weighted by Gasteiger charge is -2.11. The first kappa shape index (κ1) is 13.9. The minimum absolute atomic E-state index is 0.0400. The molecule has 0 saturated carbocycles. The fourth-order valence-electron chi connectivity index (χ4n) is 1.88. The Morgan fingerprint density at radius 1 is 1.32 bits per heavy atom. The average molecular weight is 322 g/mol. The highest BCUT2D eigenvalue weighted by Crippen LogP contribution is 2.28. The first-order valence-corrected chi connectivity index (χ1v) is 7.18. The highest BCUT2D eigenvalue weighted by molar-refractivity contribution is 9.09. The van der Waals surface area contributed by atoms with Crippen LogP contribution in [0.3, 0.4) is 0 Å². The fraction of sp³-hybridized carbons (Fsp3) is 0.267. The van der Waals surface area contributed by atoms with E-state index in [9.17, 15) is 9.90 Å². The number of aromatic hydroxyl groups is 1. The summed E-state index contributed by atoms with van der Waals surface area (Å²) in [4.78, 5) is 12.3. The van der Waals surface area contributed by atoms with Gasteiger partial charge in [0.05, 0.1) is 5.56 Å². The Hall–Kier alpha value is -1.55. The number of carbonyl (C=O) groups excluding carboxylic acids is 1. The van der Waals surface area contributed by atoms with E-state index in [-0.39, 0.29) is 16.5 Å². The lowest BCUT2D eigenvalue weighted by atomic mass is 10.0. The van der Waals surface area contributed by atoms with Gasteiger partial charge in [0.2, 0.25) is 0 Å². The second-order valence-corrected chi connectivity index (χ2v) is 5.69. The van der Waals surface area contributed by atoms with Gasteiger partial charge in [-0.3, -0.25) is 4.79 Å². The van der Waals surface area contributed by atoms with E-state index in [1.807, 2.05) is 31.2 Å². The molecule has 1 atom stereocenters. The molecule has 1 amide bonds. The van der Waals surface area contributed by atoms with Gasteiger partial charge in [0, 0.05) is 16.8 Å². The third-order valence-electron chi connectivity index (χ3n) is 3.07. The van der Waals surface area contributed by atoms with Crippen molar-refractivity contribution in [1.82, 2.24) is 5.32 Å². The van der Waals surface area contributed by atoms with Crippen LogP contribution in [-0.4, -0.2) is 22.4 Å². The summed E-state index contributed by atoms with van der Waals surface area (Å²) in [5.74, 6) is -0.209. The number of rotatable bonds is 4. The van der Waals surface area contributed by atoms with Gasteiger partial charge in [0.25, 0.3) is 5.91 Å². The van der Waals surface area contributed by atoms with Gasteiger partial charge in [-0.15, -0.1) is 0 Å². The number of hydrogen-bond acceptors (Lipinski definition) is 2. The van der Waals surface area contributed by atoms with Crippen LogP contribution in [0.4, 0.5) is 0 Å². The van der Waals surface area contributed by atoms with Crippen LogP contribution in [-0.2, 0) is 0 Å². The Morgan fingerprint density at radius 2 is 2.05 bits per heavy atom. The van der Waals surface area contributed by atoms with Crippen molar-refractivity contribution < 1.29 is 9.90 Å². The Morgan fingerprint density at radius 3 is 2.79 bits per heavy atom. The molecule has 19 heavy (non-hydrogen) atoms. The Balaban J connectivity index is 2.25. The number of phenols is 1. The lowest BCUT2D eigenvalue weighted by molar-refractivity contribution is 0.0951. The molecule has 0 saturated heterocycles. The number of alkyl halides is 1. The van der Waals surface area contributed by atoms with E-state index in [0.717, 1.165) is 11.8 Å². The number of fused-ring (bicyclic) bond motifs is 1. The number of halogens is 1. The molecule has 3 nitrogen and oxygen atoms in total. The van der Waals surface area contributed by atoms with E-state index in [4.69, 9.17) is 0 Å². The minimum Gasteiger partial charge on any atom is -0.506 e. The molecule has 2 aromatic carbocycles. The molecule has 0 bridgehead atoms. The molecule has 0 aliphatic heterocycles. The van der Waals surface area contributed by atoms with Crippen LogP contribution >= 0.6 is 15.9 Å². The fourth-order valence-corrected chi connectivity index (χ4v) is 2.04. The molecule has 4 heteroatoms. The van der Waals surface area contributed by atoms with Crippen molar-refractivity contribution in [3.8, 4) is 5.75 Å². The SMILES string of the molecule is CCC(Br)CNC(=O)c1ccc2ccccc2c1O. The van der Waals surface area contributed by atoms with Gasteiger partial charge in [-0.05, 0) is 17.9 Å². The number of phenolic OH excluding ortho intramolecular Hbond substituents is 1. The molecule has 2 rings (SSSR count). The average Bonchev–Trinajstić information content (AvgIpc) is 2.45. The quantitative estimate of drug-likeness (QED) is 0.847. The molecule has 1 unspecified atom stereocenters. The zero-order valence-corrected chi connectivity index (χ0v) is 12.3. The Labute approximate surface area is 120 Å². The van der Waals surface area contributed by atoms with Crippen molar-refractivity contribution >= 4 is 32.6 Å². The van der Waals surface area contributed by atoms with Crippen molar-refractivity contribution in [3.05, 3.63) is 42.0 Å². The van der Waals surface area contributed by atoms with Gasteiger partial charge < -0.3 is 10.4 Å². The second-order valence-electron chi connectivity index (χ2n) is 4.40. The highest BCUT2D eigenvalue weighted by atomic mass is 79.9. The second kappa shape index (κ2) is 6.06. The van der Waals surface area contributed by atoms with E-state index in [1.54, 1.807) is 12.1 Å². The van der Waals surface area contributed by atoms with Crippen molar-refractivity contribution in [2.75, 3.05) is 6.54 Å².